The van der Waals surface area contributed by atoms with Crippen molar-refractivity contribution in [2.24, 2.45) is 0 Å². The Morgan fingerprint density at radius 3 is 2.39 bits per heavy atom. The maximum Gasteiger partial charge on any atom is 0.226 e. The second-order valence-corrected chi connectivity index (χ2v) is 6.27. The number of hydrogen-bond acceptors (Lipinski definition) is 8. The first kappa shape index (κ1) is 19.9. The van der Waals surface area contributed by atoms with Crippen molar-refractivity contribution in [1.82, 2.24) is 15.0 Å². The van der Waals surface area contributed by atoms with Crippen molar-refractivity contribution in [3.8, 4) is 28.6 Å². The van der Waals surface area contributed by atoms with Crippen molar-refractivity contribution < 1.29 is 28.3 Å². The SMILES string of the molecule is COc1cc(-c2noc(CCCC(=O)N3CCOCC3)n2)cc(OC)c1OC. The Morgan fingerprint density at radius 2 is 1.79 bits per heavy atom. The van der Waals surface area contributed by atoms with Crippen LogP contribution in [0.4, 0.5) is 0 Å². The average molecular weight is 391 g/mol. The maximum atomic E-state index is 12.2. The topological polar surface area (TPSA) is 96.2 Å². The summed E-state index contributed by atoms with van der Waals surface area (Å²) in [5.41, 5.74) is 0.689. The van der Waals surface area contributed by atoms with Crippen molar-refractivity contribution in [2.75, 3.05) is 47.6 Å². The molecule has 0 bridgehead atoms. The quantitative estimate of drug-likeness (QED) is 0.674. The molecule has 0 aliphatic carbocycles. The van der Waals surface area contributed by atoms with E-state index in [0.29, 0.717) is 80.1 Å². The second-order valence-electron chi connectivity index (χ2n) is 6.27. The van der Waals surface area contributed by atoms with Crippen molar-refractivity contribution in [3.05, 3.63) is 18.0 Å². The Hall–Kier alpha value is -2.81. The number of nitrogens with zero attached hydrogens (tertiary/aromatic N) is 3. The molecule has 152 valence electrons. The number of methoxy groups -OCH3 is 3. The number of aryl methyl sites for hydroxylation is 1. The molecule has 0 unspecified atom stereocenters. The Morgan fingerprint density at radius 1 is 1.11 bits per heavy atom. The van der Waals surface area contributed by atoms with Crippen molar-refractivity contribution in [2.45, 2.75) is 19.3 Å². The highest BCUT2D eigenvalue weighted by atomic mass is 16.5. The van der Waals surface area contributed by atoms with Gasteiger partial charge < -0.3 is 28.4 Å². The highest BCUT2D eigenvalue weighted by Crippen LogP contribution is 2.40. The average Bonchev–Trinajstić information content (AvgIpc) is 3.22. The summed E-state index contributed by atoms with van der Waals surface area (Å²) in [6.07, 6.45) is 1.63. The van der Waals surface area contributed by atoms with Crippen LogP contribution in [-0.4, -0.2) is 68.6 Å². The predicted octanol–water partition coefficient (Wildman–Crippen LogP) is 1.94. The van der Waals surface area contributed by atoms with Crippen LogP contribution in [0.15, 0.2) is 16.7 Å². The van der Waals surface area contributed by atoms with Gasteiger partial charge in [0.25, 0.3) is 0 Å². The molecular formula is C19H25N3O6. The lowest BCUT2D eigenvalue weighted by Gasteiger charge is -2.26. The molecule has 1 aliphatic heterocycles. The Balaban J connectivity index is 1.63. The molecule has 1 amide bonds. The van der Waals surface area contributed by atoms with E-state index in [4.69, 9.17) is 23.5 Å². The molecule has 1 aromatic heterocycles. The third kappa shape index (κ3) is 4.53. The molecule has 1 fully saturated rings. The fraction of sp³-hybridized carbons (Fsp3) is 0.526. The largest absolute Gasteiger partial charge is 0.493 e. The number of rotatable bonds is 8. The summed E-state index contributed by atoms with van der Waals surface area (Å²) in [5.74, 6) is 2.57. The summed E-state index contributed by atoms with van der Waals surface area (Å²) in [4.78, 5) is 18.4. The summed E-state index contributed by atoms with van der Waals surface area (Å²) >= 11 is 0. The third-order valence-electron chi connectivity index (χ3n) is 4.54. The molecule has 1 aromatic carbocycles. The lowest BCUT2D eigenvalue weighted by Crippen LogP contribution is -2.40. The molecule has 0 saturated carbocycles. The number of hydrogen-bond donors (Lipinski definition) is 0. The van der Waals surface area contributed by atoms with E-state index >= 15 is 0 Å². The molecule has 2 aromatic rings. The summed E-state index contributed by atoms with van der Waals surface area (Å²) in [7, 11) is 4.65. The highest BCUT2D eigenvalue weighted by molar-refractivity contribution is 5.76. The van der Waals surface area contributed by atoms with Gasteiger partial charge in [0.05, 0.1) is 34.5 Å². The van der Waals surface area contributed by atoms with Crippen molar-refractivity contribution >= 4 is 5.91 Å². The molecule has 9 heteroatoms. The van der Waals surface area contributed by atoms with Crippen LogP contribution in [0.2, 0.25) is 0 Å². The van der Waals surface area contributed by atoms with E-state index in [1.54, 1.807) is 33.5 Å². The number of carbonyl (C=O) groups excluding carboxylic acids is 1. The Kier molecular flexibility index (Phi) is 6.70. The zero-order chi connectivity index (χ0) is 19.9. The van der Waals surface area contributed by atoms with E-state index in [-0.39, 0.29) is 5.91 Å². The molecule has 1 saturated heterocycles. The normalized spacial score (nSPS) is 14.0. The predicted molar refractivity (Wildman–Crippen MR) is 99.7 cm³/mol. The van der Waals surface area contributed by atoms with Crippen LogP contribution < -0.4 is 14.2 Å². The van der Waals surface area contributed by atoms with Crippen LogP contribution in [0.1, 0.15) is 18.7 Å². The maximum absolute atomic E-state index is 12.2. The number of aromatic nitrogens is 2. The standard InChI is InChI=1S/C19H25N3O6/c1-24-14-11-13(12-15(25-2)18(14)26-3)19-20-16(28-21-19)5-4-6-17(23)22-7-9-27-10-8-22/h11-12H,4-10H2,1-3H3. The number of amides is 1. The Bertz CT molecular complexity index is 776. The van der Waals surface area contributed by atoms with Gasteiger partial charge in [0, 0.05) is 31.5 Å². The van der Waals surface area contributed by atoms with E-state index in [2.05, 4.69) is 10.1 Å². The molecule has 0 atom stereocenters. The lowest BCUT2D eigenvalue weighted by atomic mass is 10.1. The third-order valence-corrected chi connectivity index (χ3v) is 4.54. The van der Waals surface area contributed by atoms with Gasteiger partial charge in [-0.2, -0.15) is 4.98 Å². The first-order valence-corrected chi connectivity index (χ1v) is 9.14. The van der Waals surface area contributed by atoms with E-state index in [1.807, 2.05) is 4.90 Å². The minimum atomic E-state index is 0.132. The molecule has 28 heavy (non-hydrogen) atoms. The van der Waals surface area contributed by atoms with Crippen LogP contribution in [0.3, 0.4) is 0 Å². The van der Waals surface area contributed by atoms with E-state index in [1.165, 1.54) is 0 Å². The van der Waals surface area contributed by atoms with E-state index in [0.717, 1.165) is 0 Å². The Labute approximate surface area is 163 Å². The minimum Gasteiger partial charge on any atom is -0.493 e. The second kappa shape index (κ2) is 9.41. The van der Waals surface area contributed by atoms with Crippen molar-refractivity contribution in [3.63, 3.8) is 0 Å². The number of ether oxygens (including phenoxy) is 4. The van der Waals surface area contributed by atoms with Crippen LogP contribution in [0, 0.1) is 0 Å². The molecular weight excluding hydrogens is 366 g/mol. The monoisotopic (exact) mass is 391 g/mol. The molecule has 2 heterocycles. The first-order chi connectivity index (χ1) is 13.7. The summed E-state index contributed by atoms with van der Waals surface area (Å²) in [5, 5.41) is 4.03. The van der Waals surface area contributed by atoms with Gasteiger partial charge in [0.15, 0.2) is 11.5 Å². The molecule has 9 nitrogen and oxygen atoms in total. The van der Waals surface area contributed by atoms with Crippen LogP contribution >= 0.6 is 0 Å². The highest BCUT2D eigenvalue weighted by Gasteiger charge is 2.19. The van der Waals surface area contributed by atoms with E-state index in [9.17, 15) is 4.79 Å². The van der Waals surface area contributed by atoms with Gasteiger partial charge in [0.2, 0.25) is 23.4 Å². The minimum absolute atomic E-state index is 0.132. The van der Waals surface area contributed by atoms with Crippen LogP contribution in [0.25, 0.3) is 11.4 Å². The molecule has 1 aliphatic rings. The first-order valence-electron chi connectivity index (χ1n) is 9.14. The van der Waals surface area contributed by atoms with Crippen molar-refractivity contribution in [1.29, 1.82) is 0 Å². The lowest BCUT2D eigenvalue weighted by molar-refractivity contribution is -0.135. The fourth-order valence-electron chi connectivity index (χ4n) is 3.05. The van der Waals surface area contributed by atoms with Crippen LogP contribution in [-0.2, 0) is 16.0 Å². The van der Waals surface area contributed by atoms with Gasteiger partial charge >= 0.3 is 0 Å². The van der Waals surface area contributed by atoms with E-state index < -0.39 is 0 Å². The van der Waals surface area contributed by atoms with Gasteiger partial charge in [-0.05, 0) is 18.6 Å². The zero-order valence-corrected chi connectivity index (χ0v) is 16.4. The summed E-state index contributed by atoms with van der Waals surface area (Å²) < 4.78 is 26.6. The fourth-order valence-corrected chi connectivity index (χ4v) is 3.05. The summed E-state index contributed by atoms with van der Waals surface area (Å²) in [6, 6.07) is 3.52. The molecule has 0 spiro atoms. The number of morpholine rings is 1. The molecule has 0 radical (unpaired) electrons. The number of carbonyl (C=O) groups is 1. The van der Waals surface area contributed by atoms with Gasteiger partial charge in [-0.15, -0.1) is 0 Å². The zero-order valence-electron chi connectivity index (χ0n) is 16.4. The van der Waals surface area contributed by atoms with Gasteiger partial charge in [-0.25, -0.2) is 0 Å². The molecule has 0 N–H and O–H groups in total. The van der Waals surface area contributed by atoms with Gasteiger partial charge in [-0.3, -0.25) is 4.79 Å². The van der Waals surface area contributed by atoms with Crippen LogP contribution in [0.5, 0.6) is 17.2 Å². The van der Waals surface area contributed by atoms with Gasteiger partial charge in [-0.1, -0.05) is 5.16 Å². The van der Waals surface area contributed by atoms with Gasteiger partial charge in [0.1, 0.15) is 0 Å². The summed E-state index contributed by atoms with van der Waals surface area (Å²) in [6.45, 7) is 2.52. The smallest absolute Gasteiger partial charge is 0.226 e. The molecule has 3 rings (SSSR count). The number of benzene rings is 1.